The smallest absolute Gasteiger partial charge is 0.254 e. The Kier molecular flexibility index (Phi) is 2.72. The van der Waals surface area contributed by atoms with Crippen LogP contribution in [0.5, 0.6) is 0 Å². The number of aliphatic hydroxyl groups is 1. The van der Waals surface area contributed by atoms with E-state index in [1.54, 1.807) is 30.5 Å². The third kappa shape index (κ3) is 1.62. The lowest BCUT2D eigenvalue weighted by Gasteiger charge is -2.13. The first kappa shape index (κ1) is 13.5. The van der Waals surface area contributed by atoms with Crippen LogP contribution in [0.2, 0.25) is 0 Å². The van der Waals surface area contributed by atoms with Crippen LogP contribution in [0.25, 0.3) is 10.9 Å². The van der Waals surface area contributed by atoms with Gasteiger partial charge in [0.25, 0.3) is 4.93 Å². The molecule has 2 N–H and O–H groups in total. The number of hydrogen-bond acceptors (Lipinski definition) is 4. The van der Waals surface area contributed by atoms with Gasteiger partial charge in [-0.2, -0.15) is 0 Å². The van der Waals surface area contributed by atoms with Crippen molar-refractivity contribution < 1.29 is 18.3 Å². The summed E-state index contributed by atoms with van der Waals surface area (Å²) in [6, 6.07) is 15.3. The largest absolute Gasteiger partial charge is 0.364 e. The summed E-state index contributed by atoms with van der Waals surface area (Å²) in [7, 11) is -3.88. The van der Waals surface area contributed by atoms with Crippen molar-refractivity contribution >= 4 is 20.7 Å². The Morgan fingerprint density at radius 3 is 2.36 bits per heavy atom. The first-order valence-corrected chi connectivity index (χ1v) is 8.28. The highest BCUT2D eigenvalue weighted by atomic mass is 32.2. The van der Waals surface area contributed by atoms with E-state index in [1.807, 2.05) is 18.2 Å². The first-order valence-electron chi connectivity index (χ1n) is 6.79. The average Bonchev–Trinajstić information content (AvgIpc) is 3.05. The van der Waals surface area contributed by atoms with Gasteiger partial charge in [0.2, 0.25) is 16.1 Å². The van der Waals surface area contributed by atoms with Crippen LogP contribution in [-0.4, -0.2) is 24.8 Å². The lowest BCUT2D eigenvalue weighted by molar-refractivity contribution is 0.155. The minimum Gasteiger partial charge on any atom is -0.364 e. The van der Waals surface area contributed by atoms with Crippen LogP contribution >= 0.6 is 0 Å². The molecule has 0 bridgehead atoms. The first-order chi connectivity index (χ1) is 10.6. The molecule has 0 amide bonds. The molecule has 5 nitrogen and oxygen atoms in total. The van der Waals surface area contributed by atoms with Crippen LogP contribution in [0, 0.1) is 0 Å². The summed E-state index contributed by atoms with van der Waals surface area (Å²) in [5, 5.41) is 10.7. The van der Waals surface area contributed by atoms with Gasteiger partial charge in [-0.3, -0.25) is 0 Å². The number of para-hydroxylation sites is 1. The van der Waals surface area contributed by atoms with Gasteiger partial charge in [-0.25, -0.2) is 8.42 Å². The summed E-state index contributed by atoms with van der Waals surface area (Å²) >= 11 is 0. The van der Waals surface area contributed by atoms with Crippen LogP contribution in [0.4, 0.5) is 0 Å². The monoisotopic (exact) mass is 315 g/mol. The molecule has 1 fully saturated rings. The minimum absolute atomic E-state index is 0.122. The molecule has 22 heavy (non-hydrogen) atoms. The number of hydrogen-bond donors (Lipinski definition) is 2. The lowest BCUT2D eigenvalue weighted by Crippen LogP contribution is -2.25. The number of rotatable bonds is 3. The molecule has 1 aliphatic heterocycles. The van der Waals surface area contributed by atoms with Gasteiger partial charge in [-0.05, 0) is 18.2 Å². The second-order valence-electron chi connectivity index (χ2n) is 5.20. The summed E-state index contributed by atoms with van der Waals surface area (Å²) in [6.07, 6.45) is 0.207. The van der Waals surface area contributed by atoms with Crippen molar-refractivity contribution in [1.82, 2.24) is 4.98 Å². The third-order valence-corrected chi connectivity index (χ3v) is 6.18. The molecule has 1 aliphatic rings. The highest BCUT2D eigenvalue weighted by Gasteiger charge is 2.68. The van der Waals surface area contributed by atoms with Gasteiger partial charge in [-0.1, -0.05) is 36.4 Å². The van der Waals surface area contributed by atoms with Gasteiger partial charge in [-0.15, -0.1) is 0 Å². The fourth-order valence-electron chi connectivity index (χ4n) is 2.80. The Morgan fingerprint density at radius 1 is 1.05 bits per heavy atom. The van der Waals surface area contributed by atoms with Crippen molar-refractivity contribution in [1.29, 1.82) is 0 Å². The Hall–Kier alpha value is -2.15. The molecule has 6 heteroatoms. The zero-order valence-electron chi connectivity index (χ0n) is 11.4. The Labute approximate surface area is 127 Å². The summed E-state index contributed by atoms with van der Waals surface area (Å²) in [5.41, 5.74) is 1.22. The average molecular weight is 315 g/mol. The fourth-order valence-corrected chi connectivity index (χ4v) is 4.61. The number of benzene rings is 2. The van der Waals surface area contributed by atoms with Crippen molar-refractivity contribution in [2.75, 3.05) is 0 Å². The van der Waals surface area contributed by atoms with E-state index in [-0.39, 0.29) is 4.90 Å². The van der Waals surface area contributed by atoms with E-state index in [0.29, 0.717) is 5.56 Å². The number of sulfone groups is 1. The molecule has 4 rings (SSSR count). The van der Waals surface area contributed by atoms with Gasteiger partial charge in [0, 0.05) is 22.7 Å². The Balaban J connectivity index is 1.95. The molecule has 3 aromatic rings. The number of fused-ring (bicyclic) bond motifs is 1. The zero-order chi connectivity index (χ0) is 15.4. The van der Waals surface area contributed by atoms with Gasteiger partial charge < -0.3 is 14.8 Å². The summed E-state index contributed by atoms with van der Waals surface area (Å²) in [6.45, 7) is 0. The topological polar surface area (TPSA) is 82.7 Å². The minimum atomic E-state index is -3.88. The van der Waals surface area contributed by atoms with E-state index in [0.717, 1.165) is 10.9 Å². The molecule has 1 aromatic heterocycles. The summed E-state index contributed by atoms with van der Waals surface area (Å²) < 4.78 is 31.2. The Morgan fingerprint density at radius 2 is 1.68 bits per heavy atom. The predicted molar refractivity (Wildman–Crippen MR) is 80.7 cm³/mol. The molecule has 2 heterocycles. The molecule has 112 valence electrons. The molecular formula is C16H13NO4S. The quantitative estimate of drug-likeness (QED) is 0.726. The molecule has 0 aliphatic carbocycles. The van der Waals surface area contributed by atoms with Crippen molar-refractivity contribution in [2.45, 2.75) is 16.1 Å². The number of aromatic nitrogens is 1. The SMILES string of the molecule is O=S(=O)(c1ccccc1)C1(c2c[nH]c3ccccc23)OC1O. The highest BCUT2D eigenvalue weighted by molar-refractivity contribution is 7.92. The number of aromatic amines is 1. The normalized spacial score (nSPS) is 24.5. The van der Waals surface area contributed by atoms with Gasteiger partial charge >= 0.3 is 0 Å². The van der Waals surface area contributed by atoms with E-state index < -0.39 is 21.1 Å². The molecular weight excluding hydrogens is 302 g/mol. The van der Waals surface area contributed by atoms with Crippen LogP contribution in [0.1, 0.15) is 5.56 Å². The number of H-pyrrole nitrogens is 1. The number of nitrogens with one attached hydrogen (secondary N) is 1. The molecule has 0 radical (unpaired) electrons. The van der Waals surface area contributed by atoms with E-state index in [2.05, 4.69) is 4.98 Å². The highest BCUT2D eigenvalue weighted by Crippen LogP contribution is 2.53. The number of aliphatic hydroxyl groups excluding tert-OH is 1. The maximum atomic E-state index is 13.0. The maximum absolute atomic E-state index is 13.0. The van der Waals surface area contributed by atoms with Crippen molar-refractivity contribution in [2.24, 2.45) is 0 Å². The Bertz CT molecular complexity index is 948. The van der Waals surface area contributed by atoms with Gasteiger partial charge in [0.05, 0.1) is 4.90 Å². The van der Waals surface area contributed by atoms with E-state index >= 15 is 0 Å². The van der Waals surface area contributed by atoms with E-state index in [1.165, 1.54) is 12.1 Å². The zero-order valence-corrected chi connectivity index (χ0v) is 12.2. The van der Waals surface area contributed by atoms with Crippen molar-refractivity contribution in [3.05, 3.63) is 66.4 Å². The van der Waals surface area contributed by atoms with Crippen LogP contribution in [0.3, 0.4) is 0 Å². The van der Waals surface area contributed by atoms with Gasteiger partial charge in [0.1, 0.15) is 0 Å². The molecule has 2 aromatic carbocycles. The lowest BCUT2D eigenvalue weighted by atomic mass is 10.1. The molecule has 2 unspecified atom stereocenters. The van der Waals surface area contributed by atoms with Crippen LogP contribution in [-0.2, 0) is 19.5 Å². The van der Waals surface area contributed by atoms with E-state index in [4.69, 9.17) is 4.74 Å². The fraction of sp³-hybridized carbons (Fsp3) is 0.125. The summed E-state index contributed by atoms with van der Waals surface area (Å²) in [4.78, 5) is 1.40. The second-order valence-corrected chi connectivity index (χ2v) is 7.29. The molecule has 2 atom stereocenters. The summed E-state index contributed by atoms with van der Waals surface area (Å²) in [5.74, 6) is 0. The maximum Gasteiger partial charge on any atom is 0.254 e. The van der Waals surface area contributed by atoms with Crippen molar-refractivity contribution in [3.63, 3.8) is 0 Å². The van der Waals surface area contributed by atoms with E-state index in [9.17, 15) is 13.5 Å². The second kappa shape index (κ2) is 4.42. The van der Waals surface area contributed by atoms with Gasteiger partial charge in [0.15, 0.2) is 0 Å². The predicted octanol–water partition coefficient (Wildman–Crippen LogP) is 2.14. The van der Waals surface area contributed by atoms with Crippen molar-refractivity contribution in [3.8, 4) is 0 Å². The third-order valence-electron chi connectivity index (χ3n) is 3.97. The van der Waals surface area contributed by atoms with Crippen LogP contribution < -0.4 is 0 Å². The number of ether oxygens (including phenoxy) is 1. The number of epoxide rings is 1. The molecule has 0 spiro atoms. The van der Waals surface area contributed by atoms with Crippen LogP contribution in [0.15, 0.2) is 65.7 Å². The molecule has 0 saturated carbocycles. The molecule has 1 saturated heterocycles. The standard InChI is InChI=1S/C16H13NO4S/c18-15-16(21-15,22(19,20)11-6-2-1-3-7-11)13-10-17-14-9-5-4-8-12(13)14/h1-10,15,17-18H.